The van der Waals surface area contributed by atoms with Crippen LogP contribution >= 0.6 is 0 Å². The van der Waals surface area contributed by atoms with Gasteiger partial charge in [-0.2, -0.15) is 5.10 Å². The van der Waals surface area contributed by atoms with Crippen molar-refractivity contribution in [1.29, 1.82) is 0 Å². The second-order valence-electron chi connectivity index (χ2n) is 5.65. The standard InChI is InChI=1S/C16H21N5/c1-5-13-14-15(20(4)19-13)21(16(17)18-14)12-8-6-11(7-9-12)10(2)3/h6-10H,5H2,1-4H3,(H2,17,18). The van der Waals surface area contributed by atoms with Gasteiger partial charge in [0.15, 0.2) is 5.65 Å². The zero-order valence-corrected chi connectivity index (χ0v) is 13.0. The van der Waals surface area contributed by atoms with Crippen LogP contribution < -0.4 is 5.73 Å². The van der Waals surface area contributed by atoms with E-state index in [1.165, 1.54) is 5.56 Å². The van der Waals surface area contributed by atoms with Crippen molar-refractivity contribution in [2.24, 2.45) is 7.05 Å². The molecular formula is C16H21N5. The number of aryl methyl sites for hydroxylation is 2. The summed E-state index contributed by atoms with van der Waals surface area (Å²) in [5.41, 5.74) is 11.3. The average Bonchev–Trinajstić information content (AvgIpc) is 2.95. The molecule has 110 valence electrons. The lowest BCUT2D eigenvalue weighted by atomic mass is 10.0. The van der Waals surface area contributed by atoms with E-state index in [-0.39, 0.29) is 0 Å². The predicted octanol–water partition coefficient (Wildman–Crippen LogP) is 3.03. The van der Waals surface area contributed by atoms with Gasteiger partial charge in [-0.15, -0.1) is 0 Å². The number of imidazole rings is 1. The van der Waals surface area contributed by atoms with E-state index in [0.29, 0.717) is 11.9 Å². The van der Waals surface area contributed by atoms with Gasteiger partial charge in [-0.1, -0.05) is 32.9 Å². The zero-order valence-electron chi connectivity index (χ0n) is 13.0. The number of anilines is 1. The first-order chi connectivity index (χ1) is 10.0. The number of rotatable bonds is 3. The van der Waals surface area contributed by atoms with Crippen LogP contribution in [0.25, 0.3) is 16.9 Å². The fourth-order valence-electron chi connectivity index (χ4n) is 2.70. The summed E-state index contributed by atoms with van der Waals surface area (Å²) >= 11 is 0. The number of hydrogen-bond acceptors (Lipinski definition) is 3. The molecular weight excluding hydrogens is 262 g/mol. The van der Waals surface area contributed by atoms with E-state index in [0.717, 1.165) is 29.0 Å². The first-order valence-electron chi connectivity index (χ1n) is 7.33. The van der Waals surface area contributed by atoms with Gasteiger partial charge in [0.1, 0.15) is 5.52 Å². The summed E-state index contributed by atoms with van der Waals surface area (Å²) < 4.78 is 3.82. The normalized spacial score (nSPS) is 11.7. The number of nitrogens with two attached hydrogens (primary N) is 1. The molecule has 0 aliphatic carbocycles. The third-order valence-corrected chi connectivity index (χ3v) is 3.88. The Hall–Kier alpha value is -2.30. The zero-order chi connectivity index (χ0) is 15.1. The molecule has 0 bridgehead atoms. The molecule has 3 aromatic rings. The Morgan fingerprint density at radius 1 is 1.19 bits per heavy atom. The quantitative estimate of drug-likeness (QED) is 0.803. The SMILES string of the molecule is CCc1nn(C)c2c1nc(N)n2-c1ccc(C(C)C)cc1. The number of fused-ring (bicyclic) bond motifs is 1. The molecule has 21 heavy (non-hydrogen) atoms. The van der Waals surface area contributed by atoms with Crippen molar-refractivity contribution >= 4 is 17.1 Å². The van der Waals surface area contributed by atoms with E-state index in [1.54, 1.807) is 0 Å². The summed E-state index contributed by atoms with van der Waals surface area (Å²) in [7, 11) is 1.93. The molecule has 5 heteroatoms. The van der Waals surface area contributed by atoms with Crippen molar-refractivity contribution in [3.63, 3.8) is 0 Å². The summed E-state index contributed by atoms with van der Waals surface area (Å²) in [5.74, 6) is 1.02. The van der Waals surface area contributed by atoms with Gasteiger partial charge in [0.25, 0.3) is 0 Å². The van der Waals surface area contributed by atoms with Crippen molar-refractivity contribution in [3.05, 3.63) is 35.5 Å². The van der Waals surface area contributed by atoms with E-state index in [1.807, 2.05) is 16.3 Å². The summed E-state index contributed by atoms with van der Waals surface area (Å²) in [4.78, 5) is 4.50. The maximum absolute atomic E-state index is 6.13. The minimum atomic E-state index is 0.505. The van der Waals surface area contributed by atoms with Gasteiger partial charge in [-0.05, 0) is 30.0 Å². The molecule has 0 unspecified atom stereocenters. The molecule has 0 atom stereocenters. The molecule has 0 saturated heterocycles. The topological polar surface area (TPSA) is 61.7 Å². The van der Waals surface area contributed by atoms with E-state index in [9.17, 15) is 0 Å². The first-order valence-corrected chi connectivity index (χ1v) is 7.33. The molecule has 0 amide bonds. The fraction of sp³-hybridized carbons (Fsp3) is 0.375. The first kappa shape index (κ1) is 13.7. The van der Waals surface area contributed by atoms with Gasteiger partial charge in [0, 0.05) is 7.05 Å². The highest BCUT2D eigenvalue weighted by Gasteiger charge is 2.18. The second kappa shape index (κ2) is 4.91. The van der Waals surface area contributed by atoms with Crippen LogP contribution in [-0.4, -0.2) is 19.3 Å². The van der Waals surface area contributed by atoms with Crippen LogP contribution in [0.4, 0.5) is 5.95 Å². The van der Waals surface area contributed by atoms with E-state index in [4.69, 9.17) is 5.73 Å². The van der Waals surface area contributed by atoms with Crippen LogP contribution in [0.5, 0.6) is 0 Å². The molecule has 0 aliphatic rings. The van der Waals surface area contributed by atoms with E-state index >= 15 is 0 Å². The minimum Gasteiger partial charge on any atom is -0.369 e. The molecule has 0 saturated carbocycles. The van der Waals surface area contributed by atoms with Crippen LogP contribution in [0.15, 0.2) is 24.3 Å². The summed E-state index contributed by atoms with van der Waals surface area (Å²) in [6.45, 7) is 6.45. The Kier molecular flexibility index (Phi) is 3.20. The van der Waals surface area contributed by atoms with Gasteiger partial charge in [-0.25, -0.2) is 9.67 Å². The minimum absolute atomic E-state index is 0.505. The van der Waals surface area contributed by atoms with Crippen LogP contribution in [0.1, 0.15) is 37.9 Å². The number of nitrogens with zero attached hydrogens (tertiary/aromatic N) is 4. The molecule has 1 aromatic carbocycles. The summed E-state index contributed by atoms with van der Waals surface area (Å²) in [5, 5.41) is 4.52. The number of nitrogen functional groups attached to an aromatic ring is 1. The molecule has 0 radical (unpaired) electrons. The monoisotopic (exact) mass is 283 g/mol. The van der Waals surface area contributed by atoms with Crippen LogP contribution in [-0.2, 0) is 13.5 Å². The van der Waals surface area contributed by atoms with Crippen molar-refractivity contribution in [2.45, 2.75) is 33.1 Å². The van der Waals surface area contributed by atoms with Crippen LogP contribution in [0.2, 0.25) is 0 Å². The molecule has 2 heterocycles. The molecule has 0 spiro atoms. The second-order valence-corrected chi connectivity index (χ2v) is 5.65. The van der Waals surface area contributed by atoms with Gasteiger partial charge in [0.05, 0.1) is 11.4 Å². The van der Waals surface area contributed by atoms with Crippen LogP contribution in [0, 0.1) is 0 Å². The third-order valence-electron chi connectivity index (χ3n) is 3.88. The average molecular weight is 283 g/mol. The lowest BCUT2D eigenvalue weighted by molar-refractivity contribution is 0.751. The van der Waals surface area contributed by atoms with Gasteiger partial charge in [0.2, 0.25) is 5.95 Å². The van der Waals surface area contributed by atoms with Crippen molar-refractivity contribution in [2.75, 3.05) is 5.73 Å². The van der Waals surface area contributed by atoms with Crippen LogP contribution in [0.3, 0.4) is 0 Å². The maximum Gasteiger partial charge on any atom is 0.207 e. The lowest BCUT2D eigenvalue weighted by Gasteiger charge is -2.09. The fourth-order valence-corrected chi connectivity index (χ4v) is 2.70. The van der Waals surface area contributed by atoms with Gasteiger partial charge in [-0.3, -0.25) is 4.57 Å². The number of aromatic nitrogens is 4. The van der Waals surface area contributed by atoms with Crippen molar-refractivity contribution in [3.8, 4) is 5.69 Å². The molecule has 0 aliphatic heterocycles. The smallest absolute Gasteiger partial charge is 0.207 e. The van der Waals surface area contributed by atoms with Crippen molar-refractivity contribution in [1.82, 2.24) is 19.3 Å². The molecule has 5 nitrogen and oxygen atoms in total. The Balaban J connectivity index is 2.20. The van der Waals surface area contributed by atoms with Crippen molar-refractivity contribution < 1.29 is 0 Å². The Labute approximate surface area is 124 Å². The molecule has 0 fully saturated rings. The largest absolute Gasteiger partial charge is 0.369 e. The molecule has 3 rings (SSSR count). The number of benzene rings is 1. The summed E-state index contributed by atoms with van der Waals surface area (Å²) in [6, 6.07) is 8.46. The number of hydrogen-bond donors (Lipinski definition) is 1. The third kappa shape index (κ3) is 2.09. The Morgan fingerprint density at radius 3 is 2.43 bits per heavy atom. The molecule has 2 aromatic heterocycles. The van der Waals surface area contributed by atoms with Gasteiger partial charge < -0.3 is 5.73 Å². The highest BCUT2D eigenvalue weighted by molar-refractivity contribution is 5.80. The van der Waals surface area contributed by atoms with E-state index in [2.05, 4.69) is 55.1 Å². The maximum atomic E-state index is 6.13. The van der Waals surface area contributed by atoms with Gasteiger partial charge >= 0.3 is 0 Å². The molecule has 2 N–H and O–H groups in total. The highest BCUT2D eigenvalue weighted by Crippen LogP contribution is 2.26. The lowest BCUT2D eigenvalue weighted by Crippen LogP contribution is -2.05. The summed E-state index contributed by atoms with van der Waals surface area (Å²) in [6.07, 6.45) is 0.847. The Bertz CT molecular complexity index is 777. The van der Waals surface area contributed by atoms with E-state index < -0.39 is 0 Å². The Morgan fingerprint density at radius 2 is 1.86 bits per heavy atom. The highest BCUT2D eigenvalue weighted by atomic mass is 15.3. The predicted molar refractivity (Wildman–Crippen MR) is 85.7 cm³/mol.